The summed E-state index contributed by atoms with van der Waals surface area (Å²) in [4.78, 5) is 24.4. The average Bonchev–Trinajstić information content (AvgIpc) is 2.84. The molecule has 1 saturated carbocycles. The number of likely N-dealkylation sites (tertiary alicyclic amines) is 1. The van der Waals surface area contributed by atoms with Crippen LogP contribution in [0.4, 0.5) is 0 Å². The monoisotopic (exact) mass is 225 g/mol. The number of rotatable bonds is 3. The first-order valence-electron chi connectivity index (χ1n) is 6.12. The second kappa shape index (κ2) is 4.44. The fourth-order valence-electron chi connectivity index (χ4n) is 2.98. The lowest BCUT2D eigenvalue weighted by Gasteiger charge is -2.29. The molecule has 1 aliphatic carbocycles. The molecule has 1 N–H and O–H groups in total. The van der Waals surface area contributed by atoms with Gasteiger partial charge in [-0.15, -0.1) is 0 Å². The molecule has 0 radical (unpaired) electrons. The van der Waals surface area contributed by atoms with E-state index in [-0.39, 0.29) is 18.4 Å². The van der Waals surface area contributed by atoms with E-state index in [1.54, 1.807) is 4.90 Å². The zero-order valence-corrected chi connectivity index (χ0v) is 9.69. The molecule has 1 aliphatic heterocycles. The topological polar surface area (TPSA) is 57.6 Å². The van der Waals surface area contributed by atoms with Crippen LogP contribution in [0.5, 0.6) is 0 Å². The Hall–Kier alpha value is -1.06. The van der Waals surface area contributed by atoms with Crippen molar-refractivity contribution in [2.45, 2.75) is 45.1 Å². The first kappa shape index (κ1) is 11.4. The molecular formula is C12H19NO3. The molecule has 2 aliphatic rings. The zero-order chi connectivity index (χ0) is 11.7. The Balaban J connectivity index is 1.98. The summed E-state index contributed by atoms with van der Waals surface area (Å²) in [6.45, 7) is 2.48. The van der Waals surface area contributed by atoms with Gasteiger partial charge in [0.2, 0.25) is 5.91 Å². The molecule has 1 heterocycles. The number of nitrogens with zero attached hydrogens (tertiary/aromatic N) is 1. The van der Waals surface area contributed by atoms with Gasteiger partial charge in [-0.3, -0.25) is 9.59 Å². The van der Waals surface area contributed by atoms with Crippen LogP contribution in [-0.2, 0) is 9.59 Å². The van der Waals surface area contributed by atoms with Crippen LogP contribution >= 0.6 is 0 Å². The molecule has 90 valence electrons. The third-order valence-electron chi connectivity index (χ3n) is 4.08. The summed E-state index contributed by atoms with van der Waals surface area (Å²) in [6, 6.07) is 0.222. The Morgan fingerprint density at radius 1 is 1.44 bits per heavy atom. The minimum atomic E-state index is -0.838. The van der Waals surface area contributed by atoms with Crippen molar-refractivity contribution in [3.63, 3.8) is 0 Å². The lowest BCUT2D eigenvalue weighted by atomic mass is 9.98. The highest BCUT2D eigenvalue weighted by atomic mass is 16.4. The molecular weight excluding hydrogens is 206 g/mol. The second-order valence-corrected chi connectivity index (χ2v) is 5.07. The van der Waals surface area contributed by atoms with E-state index in [2.05, 4.69) is 6.92 Å². The molecule has 2 fully saturated rings. The fraction of sp³-hybridized carbons (Fsp3) is 0.833. The van der Waals surface area contributed by atoms with Crippen LogP contribution < -0.4 is 0 Å². The van der Waals surface area contributed by atoms with E-state index in [1.807, 2.05) is 0 Å². The van der Waals surface area contributed by atoms with Crippen LogP contribution in [0.25, 0.3) is 0 Å². The molecule has 0 aromatic rings. The van der Waals surface area contributed by atoms with E-state index in [4.69, 9.17) is 5.11 Å². The van der Waals surface area contributed by atoms with Crippen LogP contribution in [-0.4, -0.2) is 34.5 Å². The Kier molecular flexibility index (Phi) is 3.17. The van der Waals surface area contributed by atoms with Crippen molar-refractivity contribution in [2.75, 3.05) is 6.54 Å². The highest BCUT2D eigenvalue weighted by molar-refractivity contribution is 5.86. The lowest BCUT2D eigenvalue weighted by Crippen LogP contribution is -2.39. The minimum Gasteiger partial charge on any atom is -0.481 e. The van der Waals surface area contributed by atoms with Gasteiger partial charge in [0.1, 0.15) is 0 Å². The molecule has 0 aromatic carbocycles. The van der Waals surface area contributed by atoms with Gasteiger partial charge < -0.3 is 10.0 Å². The normalized spacial score (nSPS) is 28.7. The maximum atomic E-state index is 11.7. The molecule has 1 saturated heterocycles. The van der Waals surface area contributed by atoms with E-state index in [0.717, 1.165) is 0 Å². The highest BCUT2D eigenvalue weighted by Crippen LogP contribution is 2.32. The number of hydrogen-bond acceptors (Lipinski definition) is 2. The minimum absolute atomic E-state index is 0.0202. The van der Waals surface area contributed by atoms with E-state index in [1.165, 1.54) is 25.7 Å². The summed E-state index contributed by atoms with van der Waals surface area (Å²) in [7, 11) is 0. The quantitative estimate of drug-likeness (QED) is 0.791. The molecule has 2 atom stereocenters. The van der Waals surface area contributed by atoms with Gasteiger partial charge in [-0.1, -0.05) is 12.8 Å². The summed E-state index contributed by atoms with van der Waals surface area (Å²) >= 11 is 0. The number of hydrogen-bond donors (Lipinski definition) is 1. The van der Waals surface area contributed by atoms with Crippen molar-refractivity contribution in [1.82, 2.24) is 4.90 Å². The van der Waals surface area contributed by atoms with E-state index >= 15 is 0 Å². The third kappa shape index (κ3) is 2.06. The van der Waals surface area contributed by atoms with E-state index in [0.29, 0.717) is 12.5 Å². The van der Waals surface area contributed by atoms with E-state index < -0.39 is 11.9 Å². The van der Waals surface area contributed by atoms with Crippen molar-refractivity contribution < 1.29 is 14.7 Å². The van der Waals surface area contributed by atoms with Crippen molar-refractivity contribution in [3.05, 3.63) is 0 Å². The molecule has 4 heteroatoms. The fourth-order valence-corrected chi connectivity index (χ4v) is 2.98. The molecule has 0 aromatic heterocycles. The zero-order valence-electron chi connectivity index (χ0n) is 9.69. The van der Waals surface area contributed by atoms with Crippen LogP contribution in [0.2, 0.25) is 0 Å². The maximum absolute atomic E-state index is 11.7. The van der Waals surface area contributed by atoms with Crippen LogP contribution in [0.1, 0.15) is 39.0 Å². The van der Waals surface area contributed by atoms with Gasteiger partial charge in [0, 0.05) is 19.0 Å². The SMILES string of the molecule is CC(C1CCCC1)N1CC(C(=O)O)CC1=O. The third-order valence-corrected chi connectivity index (χ3v) is 4.08. The van der Waals surface area contributed by atoms with Gasteiger partial charge in [0.15, 0.2) is 0 Å². The standard InChI is InChI=1S/C12H19NO3/c1-8(9-4-2-3-5-9)13-7-10(12(15)16)6-11(13)14/h8-10H,2-7H2,1H3,(H,15,16). The Bertz CT molecular complexity index is 297. The van der Waals surface area contributed by atoms with Crippen molar-refractivity contribution in [2.24, 2.45) is 11.8 Å². The van der Waals surface area contributed by atoms with Crippen LogP contribution in [0.3, 0.4) is 0 Å². The molecule has 16 heavy (non-hydrogen) atoms. The maximum Gasteiger partial charge on any atom is 0.308 e. The van der Waals surface area contributed by atoms with Gasteiger partial charge in [0.25, 0.3) is 0 Å². The van der Waals surface area contributed by atoms with E-state index in [9.17, 15) is 9.59 Å². The molecule has 4 nitrogen and oxygen atoms in total. The molecule has 0 bridgehead atoms. The molecule has 1 amide bonds. The first-order valence-corrected chi connectivity index (χ1v) is 6.12. The number of carboxylic acids is 1. The number of aliphatic carboxylic acids is 1. The first-order chi connectivity index (χ1) is 7.59. The van der Waals surface area contributed by atoms with Crippen molar-refractivity contribution in [1.29, 1.82) is 0 Å². The number of carbonyl (C=O) groups excluding carboxylic acids is 1. The summed E-state index contributed by atoms with van der Waals surface area (Å²) < 4.78 is 0. The molecule has 0 spiro atoms. The van der Waals surface area contributed by atoms with Gasteiger partial charge in [0.05, 0.1) is 5.92 Å². The lowest BCUT2D eigenvalue weighted by molar-refractivity contribution is -0.141. The Labute approximate surface area is 95.6 Å². The van der Waals surface area contributed by atoms with Crippen LogP contribution in [0, 0.1) is 11.8 Å². The largest absolute Gasteiger partial charge is 0.481 e. The summed E-state index contributed by atoms with van der Waals surface area (Å²) in [5.74, 6) is -0.728. The summed E-state index contributed by atoms with van der Waals surface area (Å²) in [5, 5.41) is 8.92. The smallest absolute Gasteiger partial charge is 0.308 e. The van der Waals surface area contributed by atoms with Gasteiger partial charge in [-0.2, -0.15) is 0 Å². The molecule has 2 unspecified atom stereocenters. The predicted octanol–water partition coefficient (Wildman–Crippen LogP) is 1.50. The van der Waals surface area contributed by atoms with Crippen molar-refractivity contribution in [3.8, 4) is 0 Å². The van der Waals surface area contributed by atoms with Crippen molar-refractivity contribution >= 4 is 11.9 Å². The molecule has 2 rings (SSSR count). The summed E-state index contributed by atoms with van der Waals surface area (Å²) in [5.41, 5.74) is 0. The summed E-state index contributed by atoms with van der Waals surface area (Å²) in [6.07, 6.45) is 5.05. The Morgan fingerprint density at radius 2 is 2.06 bits per heavy atom. The van der Waals surface area contributed by atoms with Gasteiger partial charge >= 0.3 is 5.97 Å². The average molecular weight is 225 g/mol. The Morgan fingerprint density at radius 3 is 2.56 bits per heavy atom. The number of amides is 1. The predicted molar refractivity (Wildman–Crippen MR) is 58.9 cm³/mol. The number of carboxylic acid groups (broad SMARTS) is 1. The van der Waals surface area contributed by atoms with Gasteiger partial charge in [-0.25, -0.2) is 0 Å². The highest BCUT2D eigenvalue weighted by Gasteiger charge is 2.39. The number of carbonyl (C=O) groups is 2. The second-order valence-electron chi connectivity index (χ2n) is 5.07. The van der Waals surface area contributed by atoms with Gasteiger partial charge in [-0.05, 0) is 25.7 Å². The van der Waals surface area contributed by atoms with Crippen LogP contribution in [0.15, 0.2) is 0 Å².